The van der Waals surface area contributed by atoms with Crippen molar-refractivity contribution in [1.82, 2.24) is 10.2 Å². The molecule has 0 aromatic heterocycles. The van der Waals surface area contributed by atoms with Gasteiger partial charge in [0.25, 0.3) is 0 Å². The molecule has 2 rings (SSSR count). The van der Waals surface area contributed by atoms with Gasteiger partial charge in [0.15, 0.2) is 0 Å². The minimum absolute atomic E-state index is 0.0862. The van der Waals surface area contributed by atoms with Crippen LogP contribution in [0.15, 0.2) is 30.3 Å². The molecule has 150 valence electrons. The molecule has 1 aromatic carbocycles. The van der Waals surface area contributed by atoms with Crippen LogP contribution in [0.2, 0.25) is 0 Å². The summed E-state index contributed by atoms with van der Waals surface area (Å²) in [6.07, 6.45) is 0.821. The lowest BCUT2D eigenvalue weighted by atomic mass is 9.93. The monoisotopic (exact) mass is 376 g/mol. The molecule has 6 heteroatoms. The largest absolute Gasteiger partial charge is 0.465 e. The Hall–Kier alpha value is -2.08. The zero-order valence-corrected chi connectivity index (χ0v) is 17.0. The van der Waals surface area contributed by atoms with Crippen LogP contribution >= 0.6 is 0 Å². The van der Waals surface area contributed by atoms with Gasteiger partial charge < -0.3 is 14.8 Å². The molecule has 1 aromatic rings. The van der Waals surface area contributed by atoms with Crippen molar-refractivity contribution in [3.05, 3.63) is 35.9 Å². The Bertz CT molecular complexity index is 627. The van der Waals surface area contributed by atoms with Gasteiger partial charge in [-0.2, -0.15) is 0 Å². The van der Waals surface area contributed by atoms with Crippen LogP contribution in [0, 0.1) is 0 Å². The van der Waals surface area contributed by atoms with E-state index in [1.807, 2.05) is 45.9 Å². The maximum Gasteiger partial charge on any atom is 0.407 e. The Morgan fingerprint density at radius 3 is 2.52 bits per heavy atom. The third-order valence-corrected chi connectivity index (χ3v) is 4.70. The highest BCUT2D eigenvalue weighted by molar-refractivity contribution is 5.76. The van der Waals surface area contributed by atoms with Gasteiger partial charge in [0.1, 0.15) is 11.6 Å². The molecule has 0 unspecified atom stereocenters. The van der Waals surface area contributed by atoms with Crippen LogP contribution in [0.4, 0.5) is 4.79 Å². The van der Waals surface area contributed by atoms with E-state index in [4.69, 9.17) is 9.47 Å². The first-order chi connectivity index (χ1) is 12.7. The van der Waals surface area contributed by atoms with Crippen LogP contribution in [0.1, 0.15) is 59.1 Å². The van der Waals surface area contributed by atoms with E-state index in [0.717, 1.165) is 12.0 Å². The van der Waals surface area contributed by atoms with E-state index in [0.29, 0.717) is 19.6 Å². The molecule has 0 bridgehead atoms. The predicted molar refractivity (Wildman–Crippen MR) is 104 cm³/mol. The molecule has 1 heterocycles. The molecule has 1 N–H and O–H groups in total. The van der Waals surface area contributed by atoms with Crippen molar-refractivity contribution in [2.75, 3.05) is 13.2 Å². The van der Waals surface area contributed by atoms with Gasteiger partial charge in [-0.15, -0.1) is 0 Å². The molecule has 6 nitrogen and oxygen atoms in total. The fourth-order valence-electron chi connectivity index (χ4n) is 3.45. The van der Waals surface area contributed by atoms with Crippen molar-refractivity contribution >= 4 is 12.1 Å². The van der Waals surface area contributed by atoms with Crippen molar-refractivity contribution in [1.29, 1.82) is 0 Å². The average Bonchev–Trinajstić information content (AvgIpc) is 2.60. The van der Waals surface area contributed by atoms with Gasteiger partial charge in [0.05, 0.1) is 6.61 Å². The highest BCUT2D eigenvalue weighted by Crippen LogP contribution is 2.29. The Labute approximate surface area is 162 Å². The maximum atomic E-state index is 12.6. The quantitative estimate of drug-likeness (QED) is 0.794. The molecule has 27 heavy (non-hydrogen) atoms. The lowest BCUT2D eigenvalue weighted by molar-refractivity contribution is -0.152. The van der Waals surface area contributed by atoms with Crippen LogP contribution in [0.25, 0.3) is 0 Å². The number of hydrogen-bond acceptors (Lipinski definition) is 5. The number of nitrogens with one attached hydrogen (secondary N) is 1. The first-order valence-corrected chi connectivity index (χ1v) is 9.68. The third-order valence-electron chi connectivity index (χ3n) is 4.70. The molecule has 1 saturated heterocycles. The molecule has 0 saturated carbocycles. The number of alkyl carbamates (subject to hydrolysis) is 1. The summed E-state index contributed by atoms with van der Waals surface area (Å²) in [4.78, 5) is 26.9. The summed E-state index contributed by atoms with van der Waals surface area (Å²) >= 11 is 0. The second-order valence-electron chi connectivity index (χ2n) is 7.96. The first-order valence-electron chi connectivity index (χ1n) is 9.68. The van der Waals surface area contributed by atoms with Crippen LogP contribution in [0.3, 0.4) is 0 Å². The van der Waals surface area contributed by atoms with Gasteiger partial charge in [0, 0.05) is 18.6 Å². The Kier molecular flexibility index (Phi) is 7.25. The minimum Gasteiger partial charge on any atom is -0.465 e. The van der Waals surface area contributed by atoms with E-state index in [1.54, 1.807) is 0 Å². The minimum atomic E-state index is -0.548. The number of hydrogen-bond donors (Lipinski definition) is 1. The number of likely N-dealkylation sites (tertiary alicyclic amines) is 1. The van der Waals surface area contributed by atoms with Crippen molar-refractivity contribution < 1.29 is 19.1 Å². The summed E-state index contributed by atoms with van der Waals surface area (Å²) in [6, 6.07) is 9.70. The molecule has 1 aliphatic heterocycles. The van der Waals surface area contributed by atoms with Gasteiger partial charge >= 0.3 is 12.1 Å². The van der Waals surface area contributed by atoms with Crippen LogP contribution in [-0.4, -0.2) is 47.8 Å². The second-order valence-corrected chi connectivity index (χ2v) is 7.96. The number of piperidine rings is 1. The summed E-state index contributed by atoms with van der Waals surface area (Å²) in [5, 5.41) is 2.91. The van der Waals surface area contributed by atoms with Crippen molar-refractivity contribution in [3.8, 4) is 0 Å². The van der Waals surface area contributed by atoms with E-state index >= 15 is 0 Å². The number of benzene rings is 1. The van der Waals surface area contributed by atoms with Crippen LogP contribution < -0.4 is 5.32 Å². The van der Waals surface area contributed by atoms with E-state index in [-0.39, 0.29) is 18.1 Å². The van der Waals surface area contributed by atoms with Gasteiger partial charge in [-0.3, -0.25) is 9.69 Å². The third kappa shape index (κ3) is 6.24. The topological polar surface area (TPSA) is 67.9 Å². The summed E-state index contributed by atoms with van der Waals surface area (Å²) in [7, 11) is 0. The van der Waals surface area contributed by atoms with Gasteiger partial charge in [-0.05, 0) is 53.0 Å². The van der Waals surface area contributed by atoms with E-state index < -0.39 is 17.7 Å². The lowest BCUT2D eigenvalue weighted by Gasteiger charge is -2.41. The van der Waals surface area contributed by atoms with Gasteiger partial charge in [-0.1, -0.05) is 30.3 Å². The number of nitrogens with zero attached hydrogens (tertiary/aromatic N) is 1. The molecule has 1 fully saturated rings. The lowest BCUT2D eigenvalue weighted by Crippen LogP contribution is -2.54. The molecule has 0 radical (unpaired) electrons. The van der Waals surface area contributed by atoms with Crippen LogP contribution in [-0.2, 0) is 14.3 Å². The average molecular weight is 376 g/mol. The Morgan fingerprint density at radius 1 is 1.26 bits per heavy atom. The van der Waals surface area contributed by atoms with E-state index in [9.17, 15) is 9.59 Å². The highest BCUT2D eigenvalue weighted by Gasteiger charge is 2.38. The summed E-state index contributed by atoms with van der Waals surface area (Å²) in [5.41, 5.74) is 0.609. The molecular weight excluding hydrogens is 344 g/mol. The van der Waals surface area contributed by atoms with Crippen molar-refractivity contribution in [3.63, 3.8) is 0 Å². The molecular formula is C21H32N2O4. The normalized spacial score (nSPS) is 22.0. The zero-order chi connectivity index (χ0) is 20.0. The maximum absolute atomic E-state index is 12.6. The summed E-state index contributed by atoms with van der Waals surface area (Å²) in [6.45, 7) is 10.4. The highest BCUT2D eigenvalue weighted by atomic mass is 16.6. The first kappa shape index (κ1) is 21.2. The van der Waals surface area contributed by atoms with Crippen LogP contribution in [0.5, 0.6) is 0 Å². The molecule has 3 atom stereocenters. The molecule has 0 spiro atoms. The number of rotatable bonds is 5. The fourth-order valence-corrected chi connectivity index (χ4v) is 3.45. The van der Waals surface area contributed by atoms with E-state index in [1.165, 1.54) is 0 Å². The Balaban J connectivity index is 2.09. The number of carbonyl (C=O) groups is 2. The van der Waals surface area contributed by atoms with Crippen molar-refractivity contribution in [2.45, 2.75) is 71.2 Å². The standard InChI is InChI=1S/C21H32N2O4/c1-6-26-19(24)18-14-17(22-20(25)27-21(3,4)5)12-13-23(18)15(2)16-10-8-7-9-11-16/h7-11,15,17-18H,6,12-14H2,1-5H3,(H,22,25)/t15-,17+,18+/m1/s1. The van der Waals surface area contributed by atoms with Gasteiger partial charge in [-0.25, -0.2) is 4.79 Å². The predicted octanol–water partition coefficient (Wildman–Crippen LogP) is 3.67. The van der Waals surface area contributed by atoms with E-state index in [2.05, 4.69) is 29.3 Å². The fraction of sp³-hybridized carbons (Fsp3) is 0.619. The van der Waals surface area contributed by atoms with Crippen molar-refractivity contribution in [2.24, 2.45) is 0 Å². The summed E-state index contributed by atoms with van der Waals surface area (Å²) < 4.78 is 10.7. The number of carbonyl (C=O) groups excluding carboxylic acids is 2. The SMILES string of the molecule is CCOC(=O)[C@@H]1C[C@@H](NC(=O)OC(C)(C)C)CCN1[C@H](C)c1ccccc1. The number of esters is 1. The summed E-state index contributed by atoms with van der Waals surface area (Å²) in [5.74, 6) is -0.240. The molecule has 1 aliphatic rings. The van der Waals surface area contributed by atoms with Gasteiger partial charge in [0.2, 0.25) is 0 Å². The molecule has 0 aliphatic carbocycles. The zero-order valence-electron chi connectivity index (χ0n) is 17.0. The number of amides is 1. The second kappa shape index (κ2) is 9.22. The Morgan fingerprint density at radius 2 is 1.93 bits per heavy atom. The number of ether oxygens (including phenoxy) is 2. The smallest absolute Gasteiger partial charge is 0.407 e. The molecule has 1 amide bonds.